The molecule has 1 aliphatic heterocycles. The number of nitrogens with zero attached hydrogens (tertiary/aromatic N) is 2. The van der Waals surface area contributed by atoms with Crippen molar-refractivity contribution in [3.8, 4) is 0 Å². The minimum Gasteiger partial charge on any atom is -0.381 e. The Hall–Kier alpha value is -0.570. The molecule has 1 aliphatic rings. The first-order valence-electron chi connectivity index (χ1n) is 9.13. The fourth-order valence-electron chi connectivity index (χ4n) is 2.77. The molecule has 0 amide bonds. The van der Waals surface area contributed by atoms with E-state index in [1.807, 2.05) is 31.3 Å². The van der Waals surface area contributed by atoms with Crippen molar-refractivity contribution >= 4 is 41.5 Å². The third kappa shape index (κ3) is 8.41. The number of aliphatic imine (C=N–C) groups is 1. The average Bonchev–Trinajstić information content (AvgIpc) is 2.63. The molecule has 2 rings (SSSR count). The molecule has 0 saturated carbocycles. The highest BCUT2D eigenvalue weighted by Crippen LogP contribution is 2.16. The number of nitrogens with one attached hydrogen (secondary N) is 1. The first kappa shape index (κ1) is 23.5. The number of benzene rings is 1. The van der Waals surface area contributed by atoms with E-state index in [0.717, 1.165) is 75.3 Å². The summed E-state index contributed by atoms with van der Waals surface area (Å²) in [5, 5.41) is 4.12. The van der Waals surface area contributed by atoms with Crippen molar-refractivity contribution in [3.05, 3.63) is 34.9 Å². The third-order valence-corrected chi connectivity index (χ3v) is 4.52. The molecule has 0 aromatic heterocycles. The standard InChI is InChI=1S/C19H30ClN3O2.HI/c1-3-21-19(23(2)15-16-7-4-5-8-18(16)20)22-11-6-12-25-17-9-13-24-14-10-17;/h4-5,7-8,17H,3,6,9-15H2,1-2H3,(H,21,22);1H. The molecule has 0 spiro atoms. The van der Waals surface area contributed by atoms with Crippen LogP contribution in [0.3, 0.4) is 0 Å². The second-order valence-electron chi connectivity index (χ2n) is 6.22. The van der Waals surface area contributed by atoms with Crippen molar-refractivity contribution < 1.29 is 9.47 Å². The third-order valence-electron chi connectivity index (χ3n) is 4.15. The van der Waals surface area contributed by atoms with E-state index in [-0.39, 0.29) is 24.0 Å². The van der Waals surface area contributed by atoms with Crippen LogP contribution in [0.15, 0.2) is 29.3 Å². The van der Waals surface area contributed by atoms with E-state index in [0.29, 0.717) is 6.10 Å². The molecule has 1 N–H and O–H groups in total. The summed E-state index contributed by atoms with van der Waals surface area (Å²) in [6.07, 6.45) is 3.29. The quantitative estimate of drug-likeness (QED) is 0.257. The molecule has 1 fully saturated rings. The van der Waals surface area contributed by atoms with E-state index in [4.69, 9.17) is 26.1 Å². The summed E-state index contributed by atoms with van der Waals surface area (Å²) in [5.74, 6) is 0.897. The van der Waals surface area contributed by atoms with Crippen molar-refractivity contribution in [2.45, 2.75) is 38.8 Å². The second kappa shape index (κ2) is 13.6. The minimum atomic E-state index is 0. The number of ether oxygens (including phenoxy) is 2. The van der Waals surface area contributed by atoms with Crippen LogP contribution in [0, 0.1) is 0 Å². The van der Waals surface area contributed by atoms with Gasteiger partial charge in [0.15, 0.2) is 5.96 Å². The van der Waals surface area contributed by atoms with Gasteiger partial charge in [-0.05, 0) is 37.8 Å². The lowest BCUT2D eigenvalue weighted by atomic mass is 10.1. The molecule has 0 bridgehead atoms. The van der Waals surface area contributed by atoms with Gasteiger partial charge in [-0.1, -0.05) is 29.8 Å². The summed E-state index contributed by atoms with van der Waals surface area (Å²) in [5.41, 5.74) is 1.10. The Labute approximate surface area is 179 Å². The zero-order chi connectivity index (χ0) is 17.9. The highest BCUT2D eigenvalue weighted by atomic mass is 127. The van der Waals surface area contributed by atoms with Crippen molar-refractivity contribution in [2.24, 2.45) is 4.99 Å². The molecule has 0 atom stereocenters. The number of rotatable bonds is 8. The van der Waals surface area contributed by atoms with Crippen LogP contribution in [0.2, 0.25) is 5.02 Å². The summed E-state index contributed by atoms with van der Waals surface area (Å²) < 4.78 is 11.2. The van der Waals surface area contributed by atoms with Gasteiger partial charge in [-0.2, -0.15) is 0 Å². The van der Waals surface area contributed by atoms with E-state index < -0.39 is 0 Å². The summed E-state index contributed by atoms with van der Waals surface area (Å²) in [6.45, 7) is 6.78. The van der Waals surface area contributed by atoms with Gasteiger partial charge in [-0.25, -0.2) is 0 Å². The smallest absolute Gasteiger partial charge is 0.193 e. The predicted molar refractivity (Wildman–Crippen MR) is 119 cm³/mol. The molecule has 26 heavy (non-hydrogen) atoms. The van der Waals surface area contributed by atoms with Gasteiger partial charge in [0.05, 0.1) is 6.10 Å². The minimum absolute atomic E-state index is 0. The molecular weight excluding hydrogens is 465 g/mol. The Morgan fingerprint density at radius 3 is 2.77 bits per heavy atom. The van der Waals surface area contributed by atoms with Gasteiger partial charge < -0.3 is 19.7 Å². The average molecular weight is 496 g/mol. The molecule has 1 heterocycles. The van der Waals surface area contributed by atoms with E-state index in [1.54, 1.807) is 0 Å². The maximum Gasteiger partial charge on any atom is 0.193 e. The maximum atomic E-state index is 6.26. The highest BCUT2D eigenvalue weighted by molar-refractivity contribution is 14.0. The van der Waals surface area contributed by atoms with Crippen LogP contribution in [0.4, 0.5) is 0 Å². The van der Waals surface area contributed by atoms with Crippen molar-refractivity contribution in [1.82, 2.24) is 10.2 Å². The van der Waals surface area contributed by atoms with Crippen molar-refractivity contribution in [1.29, 1.82) is 0 Å². The van der Waals surface area contributed by atoms with Crippen molar-refractivity contribution in [3.63, 3.8) is 0 Å². The van der Waals surface area contributed by atoms with Crippen LogP contribution in [0.1, 0.15) is 31.7 Å². The lowest BCUT2D eigenvalue weighted by molar-refractivity contribution is -0.0318. The monoisotopic (exact) mass is 495 g/mol. The van der Waals surface area contributed by atoms with E-state index in [9.17, 15) is 0 Å². The molecule has 148 valence electrons. The van der Waals surface area contributed by atoms with Gasteiger partial charge in [0.25, 0.3) is 0 Å². The van der Waals surface area contributed by atoms with Crippen LogP contribution in [0.25, 0.3) is 0 Å². The molecule has 0 radical (unpaired) electrons. The summed E-state index contributed by atoms with van der Waals surface area (Å²) in [7, 11) is 2.03. The van der Waals surface area contributed by atoms with Crippen LogP contribution in [-0.2, 0) is 16.0 Å². The molecule has 7 heteroatoms. The summed E-state index contributed by atoms with van der Waals surface area (Å²) in [6, 6.07) is 7.92. The first-order valence-corrected chi connectivity index (χ1v) is 9.50. The summed E-state index contributed by atoms with van der Waals surface area (Å²) >= 11 is 6.26. The number of hydrogen-bond acceptors (Lipinski definition) is 3. The van der Waals surface area contributed by atoms with Gasteiger partial charge in [0.2, 0.25) is 0 Å². The Kier molecular flexibility index (Phi) is 12.3. The van der Waals surface area contributed by atoms with Crippen LogP contribution in [-0.4, -0.2) is 56.9 Å². The Morgan fingerprint density at radius 1 is 1.35 bits per heavy atom. The molecular formula is C19H31ClIN3O2. The largest absolute Gasteiger partial charge is 0.381 e. The number of guanidine groups is 1. The van der Waals surface area contributed by atoms with Gasteiger partial charge in [-0.15, -0.1) is 24.0 Å². The fraction of sp³-hybridized carbons (Fsp3) is 0.632. The van der Waals surface area contributed by atoms with E-state index in [2.05, 4.69) is 17.1 Å². The maximum absolute atomic E-state index is 6.26. The van der Waals surface area contributed by atoms with Crippen molar-refractivity contribution in [2.75, 3.05) is 40.0 Å². The Balaban J connectivity index is 0.00000338. The molecule has 0 unspecified atom stereocenters. The zero-order valence-electron chi connectivity index (χ0n) is 15.7. The first-order chi connectivity index (χ1) is 12.2. The molecule has 1 saturated heterocycles. The van der Waals surface area contributed by atoms with E-state index in [1.165, 1.54) is 0 Å². The van der Waals surface area contributed by atoms with Crippen LogP contribution >= 0.6 is 35.6 Å². The predicted octanol–water partition coefficient (Wildman–Crippen LogP) is 3.94. The topological polar surface area (TPSA) is 46.1 Å². The van der Waals surface area contributed by atoms with E-state index >= 15 is 0 Å². The summed E-state index contributed by atoms with van der Waals surface area (Å²) in [4.78, 5) is 6.81. The normalized spacial score (nSPS) is 15.4. The molecule has 1 aromatic rings. The number of hydrogen-bond donors (Lipinski definition) is 1. The Morgan fingerprint density at radius 2 is 2.08 bits per heavy atom. The molecule has 1 aromatic carbocycles. The molecule has 5 nitrogen and oxygen atoms in total. The zero-order valence-corrected chi connectivity index (χ0v) is 18.8. The van der Waals surface area contributed by atoms with Gasteiger partial charge in [-0.3, -0.25) is 4.99 Å². The van der Waals surface area contributed by atoms with Gasteiger partial charge >= 0.3 is 0 Å². The van der Waals surface area contributed by atoms with Gasteiger partial charge in [0, 0.05) is 51.5 Å². The fourth-order valence-corrected chi connectivity index (χ4v) is 2.96. The van der Waals surface area contributed by atoms with Gasteiger partial charge in [0.1, 0.15) is 0 Å². The Bertz CT molecular complexity index is 539. The SMILES string of the molecule is CCNC(=NCCCOC1CCOCC1)N(C)Cc1ccccc1Cl.I. The van der Waals surface area contributed by atoms with Crippen LogP contribution in [0.5, 0.6) is 0 Å². The van der Waals surface area contributed by atoms with Crippen LogP contribution < -0.4 is 5.32 Å². The highest BCUT2D eigenvalue weighted by Gasteiger charge is 2.13. The molecule has 0 aliphatic carbocycles. The lowest BCUT2D eigenvalue weighted by Crippen LogP contribution is -2.38. The lowest BCUT2D eigenvalue weighted by Gasteiger charge is -2.23. The second-order valence-corrected chi connectivity index (χ2v) is 6.63. The number of halogens is 2.